The highest BCUT2D eigenvalue weighted by Crippen LogP contribution is 2.41. The molecule has 1 saturated carbocycles. The summed E-state index contributed by atoms with van der Waals surface area (Å²) in [5.74, 6) is 0.926. The highest BCUT2D eigenvalue weighted by Gasteiger charge is 2.34. The normalized spacial score (nSPS) is 15.2. The lowest BCUT2D eigenvalue weighted by Crippen LogP contribution is -2.18. The van der Waals surface area contributed by atoms with Crippen LogP contribution in [0.1, 0.15) is 18.9 Å². The third-order valence-corrected chi connectivity index (χ3v) is 4.26. The molecule has 9 heteroatoms. The second-order valence-electron chi connectivity index (χ2n) is 4.80. The Balaban J connectivity index is 2.24. The summed E-state index contributed by atoms with van der Waals surface area (Å²) >= 11 is 6.01. The number of methoxy groups -OCH3 is 1. The summed E-state index contributed by atoms with van der Waals surface area (Å²) in [6.07, 6.45) is 1.72. The lowest BCUT2D eigenvalue weighted by molar-refractivity contribution is 0.415. The van der Waals surface area contributed by atoms with Gasteiger partial charge in [0, 0.05) is 11.1 Å². The van der Waals surface area contributed by atoms with Crippen molar-refractivity contribution in [2.24, 2.45) is 5.14 Å². The molecule has 0 bridgehead atoms. The van der Waals surface area contributed by atoms with E-state index in [0.717, 1.165) is 12.8 Å². The maximum Gasteiger partial charge on any atom is 0.273 e. The van der Waals surface area contributed by atoms with Crippen molar-refractivity contribution in [1.29, 1.82) is 0 Å². The van der Waals surface area contributed by atoms with E-state index in [0.29, 0.717) is 22.2 Å². The van der Waals surface area contributed by atoms with Crippen molar-refractivity contribution < 1.29 is 13.2 Å². The Morgan fingerprint density at radius 2 is 2.10 bits per heavy atom. The van der Waals surface area contributed by atoms with E-state index in [1.54, 1.807) is 22.8 Å². The standard InChI is InChI=1S/C12H13ClN4O3S/c1-20-10-5-2-7(13)6-9(10)11-15-16-12(21(14,18)19)17(11)8-3-4-8/h2,5-6,8H,3-4H2,1H3,(H2,14,18,19). The zero-order valence-corrected chi connectivity index (χ0v) is 12.7. The summed E-state index contributed by atoms with van der Waals surface area (Å²) in [6, 6.07) is 5.07. The molecule has 7 nitrogen and oxygen atoms in total. The fourth-order valence-corrected chi connectivity index (χ4v) is 3.01. The molecule has 21 heavy (non-hydrogen) atoms. The predicted molar refractivity (Wildman–Crippen MR) is 76.7 cm³/mol. The third-order valence-electron chi connectivity index (χ3n) is 3.23. The summed E-state index contributed by atoms with van der Waals surface area (Å²) < 4.78 is 30.1. The number of hydrogen-bond donors (Lipinski definition) is 1. The number of rotatable bonds is 4. The van der Waals surface area contributed by atoms with Gasteiger partial charge in [0.15, 0.2) is 5.82 Å². The van der Waals surface area contributed by atoms with Crippen molar-refractivity contribution in [3.63, 3.8) is 0 Å². The van der Waals surface area contributed by atoms with E-state index in [4.69, 9.17) is 21.5 Å². The first-order valence-electron chi connectivity index (χ1n) is 6.23. The van der Waals surface area contributed by atoms with Gasteiger partial charge < -0.3 is 4.74 Å². The van der Waals surface area contributed by atoms with Crippen molar-refractivity contribution >= 4 is 21.6 Å². The lowest BCUT2D eigenvalue weighted by Gasteiger charge is -2.11. The minimum atomic E-state index is -3.94. The van der Waals surface area contributed by atoms with Gasteiger partial charge in [-0.2, -0.15) is 0 Å². The van der Waals surface area contributed by atoms with Gasteiger partial charge in [0.25, 0.3) is 15.2 Å². The Morgan fingerprint density at radius 1 is 1.38 bits per heavy atom. The SMILES string of the molecule is COc1ccc(Cl)cc1-c1nnc(S(N)(=O)=O)n1C1CC1. The molecule has 0 amide bonds. The molecule has 1 heterocycles. The number of primary sulfonamides is 1. The summed E-state index contributed by atoms with van der Waals surface area (Å²) in [4.78, 5) is 0. The van der Waals surface area contributed by atoms with E-state index in [1.807, 2.05) is 0 Å². The van der Waals surface area contributed by atoms with Crippen LogP contribution in [0.3, 0.4) is 0 Å². The monoisotopic (exact) mass is 328 g/mol. The zero-order chi connectivity index (χ0) is 15.2. The molecule has 1 fully saturated rings. The maximum atomic E-state index is 11.6. The first-order valence-corrected chi connectivity index (χ1v) is 8.16. The van der Waals surface area contributed by atoms with Gasteiger partial charge in [-0.25, -0.2) is 13.6 Å². The van der Waals surface area contributed by atoms with E-state index in [-0.39, 0.29) is 11.2 Å². The highest BCUT2D eigenvalue weighted by molar-refractivity contribution is 7.89. The number of aromatic nitrogens is 3. The summed E-state index contributed by atoms with van der Waals surface area (Å²) in [5.41, 5.74) is 0.583. The van der Waals surface area contributed by atoms with Crippen LogP contribution in [0.25, 0.3) is 11.4 Å². The van der Waals surface area contributed by atoms with E-state index in [9.17, 15) is 8.42 Å². The Bertz CT molecular complexity index is 799. The van der Waals surface area contributed by atoms with Crippen molar-refractivity contribution in [3.05, 3.63) is 23.2 Å². The average molecular weight is 329 g/mol. The Hall–Kier alpha value is -1.64. The molecule has 1 aromatic heterocycles. The van der Waals surface area contributed by atoms with Gasteiger partial charge in [-0.05, 0) is 31.0 Å². The summed E-state index contributed by atoms with van der Waals surface area (Å²) in [6.45, 7) is 0. The van der Waals surface area contributed by atoms with Gasteiger partial charge in [0.1, 0.15) is 5.75 Å². The van der Waals surface area contributed by atoms with Gasteiger partial charge in [0.2, 0.25) is 0 Å². The van der Waals surface area contributed by atoms with Crippen LogP contribution < -0.4 is 9.88 Å². The van der Waals surface area contributed by atoms with Gasteiger partial charge in [-0.3, -0.25) is 4.57 Å². The second-order valence-corrected chi connectivity index (χ2v) is 6.69. The van der Waals surface area contributed by atoms with Crippen LogP contribution in [-0.4, -0.2) is 30.3 Å². The van der Waals surface area contributed by atoms with Crippen LogP contribution >= 0.6 is 11.6 Å². The lowest BCUT2D eigenvalue weighted by atomic mass is 10.2. The first-order chi connectivity index (χ1) is 9.91. The quantitative estimate of drug-likeness (QED) is 0.918. The van der Waals surface area contributed by atoms with E-state index < -0.39 is 10.0 Å². The van der Waals surface area contributed by atoms with Gasteiger partial charge in [0.05, 0.1) is 12.7 Å². The van der Waals surface area contributed by atoms with Crippen LogP contribution in [0.15, 0.2) is 23.4 Å². The second kappa shape index (κ2) is 4.97. The van der Waals surface area contributed by atoms with Crippen molar-refractivity contribution in [1.82, 2.24) is 14.8 Å². The molecule has 1 aromatic carbocycles. The molecule has 1 aliphatic rings. The number of benzene rings is 1. The molecular weight excluding hydrogens is 316 g/mol. The molecule has 0 radical (unpaired) electrons. The van der Waals surface area contributed by atoms with Crippen LogP contribution in [0, 0.1) is 0 Å². The Labute approximate surface area is 126 Å². The average Bonchev–Trinajstić information content (AvgIpc) is 3.15. The number of halogens is 1. The Kier molecular flexibility index (Phi) is 3.39. The largest absolute Gasteiger partial charge is 0.496 e. The van der Waals surface area contributed by atoms with Crippen LogP contribution in [0.4, 0.5) is 0 Å². The topological polar surface area (TPSA) is 100 Å². The van der Waals surface area contributed by atoms with Crippen LogP contribution in [0.5, 0.6) is 5.75 Å². The molecule has 112 valence electrons. The number of sulfonamides is 1. The van der Waals surface area contributed by atoms with Gasteiger partial charge >= 0.3 is 0 Å². The van der Waals surface area contributed by atoms with E-state index >= 15 is 0 Å². The molecule has 1 aliphatic carbocycles. The van der Waals surface area contributed by atoms with Gasteiger partial charge in [-0.1, -0.05) is 11.6 Å². The number of hydrogen-bond acceptors (Lipinski definition) is 5. The minimum Gasteiger partial charge on any atom is -0.496 e. The number of nitrogens with two attached hydrogens (primary N) is 1. The Morgan fingerprint density at radius 3 is 2.67 bits per heavy atom. The summed E-state index contributed by atoms with van der Waals surface area (Å²) in [5, 5.41) is 13.2. The van der Waals surface area contributed by atoms with Crippen molar-refractivity contribution in [3.8, 4) is 17.1 Å². The molecule has 3 rings (SSSR count). The van der Waals surface area contributed by atoms with Gasteiger partial charge in [-0.15, -0.1) is 10.2 Å². The fourth-order valence-electron chi connectivity index (χ4n) is 2.17. The van der Waals surface area contributed by atoms with E-state index in [2.05, 4.69) is 10.2 Å². The smallest absolute Gasteiger partial charge is 0.273 e. The molecule has 0 spiro atoms. The first kappa shape index (κ1) is 14.3. The predicted octanol–water partition coefficient (Wildman–Crippen LogP) is 1.59. The molecule has 2 N–H and O–H groups in total. The molecule has 2 aromatic rings. The number of ether oxygens (including phenoxy) is 1. The number of nitrogens with zero attached hydrogens (tertiary/aromatic N) is 3. The fraction of sp³-hybridized carbons (Fsp3) is 0.333. The van der Waals surface area contributed by atoms with Crippen molar-refractivity contribution in [2.75, 3.05) is 7.11 Å². The molecule has 0 aliphatic heterocycles. The minimum absolute atomic E-state index is 0.0343. The third kappa shape index (κ3) is 2.61. The molecule has 0 atom stereocenters. The van der Waals surface area contributed by atoms with E-state index in [1.165, 1.54) is 7.11 Å². The van der Waals surface area contributed by atoms with Crippen LogP contribution in [-0.2, 0) is 10.0 Å². The molecular formula is C12H13ClN4O3S. The van der Waals surface area contributed by atoms with Crippen LogP contribution in [0.2, 0.25) is 5.02 Å². The zero-order valence-electron chi connectivity index (χ0n) is 11.2. The van der Waals surface area contributed by atoms with Crippen molar-refractivity contribution in [2.45, 2.75) is 24.0 Å². The maximum absolute atomic E-state index is 11.6. The highest BCUT2D eigenvalue weighted by atomic mass is 35.5. The molecule has 0 saturated heterocycles. The molecule has 0 unspecified atom stereocenters. The summed E-state index contributed by atoms with van der Waals surface area (Å²) in [7, 11) is -2.42.